The standard InChI is InChI=1S/C25H30ClN3O3/c1-16-13-18(14-17(2)22(16)26)9-12-32-25(31)29-10-7-19(8-11-29)23-24(30)28-21-6-4-3-5-20(21)15-27-23/h3-6,13-14,19,23,27H,7-12,15H2,1-2H3,(H,28,30). The fraction of sp³-hybridized carbons (Fsp3) is 0.440. The number of anilines is 1. The maximum atomic E-state index is 12.7. The molecule has 2 N–H and O–H groups in total. The van der Waals surface area contributed by atoms with Crippen LogP contribution < -0.4 is 10.6 Å². The highest BCUT2D eigenvalue weighted by molar-refractivity contribution is 6.32. The maximum absolute atomic E-state index is 12.7. The van der Waals surface area contributed by atoms with Crippen LogP contribution in [0.5, 0.6) is 0 Å². The van der Waals surface area contributed by atoms with Crippen molar-refractivity contribution in [3.05, 3.63) is 63.7 Å². The lowest BCUT2D eigenvalue weighted by atomic mass is 9.89. The predicted octanol–water partition coefficient (Wildman–Crippen LogP) is 4.46. The molecule has 7 heteroatoms. The third-order valence-electron chi connectivity index (χ3n) is 6.45. The number of para-hydroxylation sites is 1. The van der Waals surface area contributed by atoms with Crippen molar-refractivity contribution in [3.8, 4) is 0 Å². The number of carbonyl (C=O) groups excluding carboxylic acids is 2. The minimum Gasteiger partial charge on any atom is -0.449 e. The van der Waals surface area contributed by atoms with E-state index in [-0.39, 0.29) is 24.0 Å². The quantitative estimate of drug-likeness (QED) is 0.714. The summed E-state index contributed by atoms with van der Waals surface area (Å²) < 4.78 is 5.52. The molecule has 1 unspecified atom stereocenters. The molecule has 0 spiro atoms. The Kier molecular flexibility index (Phi) is 7.01. The van der Waals surface area contributed by atoms with Crippen molar-refractivity contribution in [1.29, 1.82) is 0 Å². The van der Waals surface area contributed by atoms with Gasteiger partial charge in [-0.2, -0.15) is 0 Å². The number of hydrogen-bond acceptors (Lipinski definition) is 4. The van der Waals surface area contributed by atoms with Crippen molar-refractivity contribution < 1.29 is 14.3 Å². The number of aryl methyl sites for hydroxylation is 2. The van der Waals surface area contributed by atoms with Crippen LogP contribution in [0.25, 0.3) is 0 Å². The van der Waals surface area contributed by atoms with Crippen LogP contribution >= 0.6 is 11.6 Å². The molecular weight excluding hydrogens is 426 g/mol. The molecule has 32 heavy (non-hydrogen) atoms. The zero-order valence-corrected chi connectivity index (χ0v) is 19.4. The smallest absolute Gasteiger partial charge is 0.409 e. The Balaban J connectivity index is 1.25. The van der Waals surface area contributed by atoms with E-state index in [9.17, 15) is 9.59 Å². The average molecular weight is 456 g/mol. The summed E-state index contributed by atoms with van der Waals surface area (Å²) in [5.74, 6) is 0.193. The first-order valence-electron chi connectivity index (χ1n) is 11.2. The van der Waals surface area contributed by atoms with E-state index >= 15 is 0 Å². The van der Waals surface area contributed by atoms with Gasteiger partial charge in [-0.05, 0) is 60.9 Å². The van der Waals surface area contributed by atoms with Crippen LogP contribution in [0.15, 0.2) is 36.4 Å². The van der Waals surface area contributed by atoms with Crippen molar-refractivity contribution in [2.75, 3.05) is 25.0 Å². The summed E-state index contributed by atoms with van der Waals surface area (Å²) in [4.78, 5) is 27.0. The van der Waals surface area contributed by atoms with Crippen LogP contribution in [0, 0.1) is 19.8 Å². The van der Waals surface area contributed by atoms with Gasteiger partial charge in [-0.1, -0.05) is 41.9 Å². The third-order valence-corrected chi connectivity index (χ3v) is 7.05. The molecule has 2 aromatic carbocycles. The van der Waals surface area contributed by atoms with Crippen molar-refractivity contribution in [2.45, 2.75) is 45.7 Å². The van der Waals surface area contributed by atoms with Crippen molar-refractivity contribution in [3.63, 3.8) is 0 Å². The normalized spacial score (nSPS) is 19.2. The summed E-state index contributed by atoms with van der Waals surface area (Å²) in [5, 5.41) is 7.24. The molecule has 170 valence electrons. The average Bonchev–Trinajstić information content (AvgIpc) is 2.95. The van der Waals surface area contributed by atoms with Crippen LogP contribution in [-0.2, 0) is 22.5 Å². The molecule has 2 amide bonds. The Morgan fingerprint density at radius 2 is 1.84 bits per heavy atom. The van der Waals surface area contributed by atoms with Crippen molar-refractivity contribution >= 4 is 29.3 Å². The SMILES string of the molecule is Cc1cc(CCOC(=O)N2CCC(C3NCc4ccccc4NC3=O)CC2)cc(C)c1Cl. The number of halogens is 1. The van der Waals surface area contributed by atoms with Gasteiger partial charge in [0.15, 0.2) is 0 Å². The number of benzene rings is 2. The summed E-state index contributed by atoms with van der Waals surface area (Å²) >= 11 is 6.22. The van der Waals surface area contributed by atoms with Gasteiger partial charge in [0, 0.05) is 36.8 Å². The molecule has 0 aliphatic carbocycles. The minimum atomic E-state index is -0.281. The summed E-state index contributed by atoms with van der Waals surface area (Å²) in [7, 11) is 0. The first-order valence-corrected chi connectivity index (χ1v) is 11.6. The molecule has 1 fully saturated rings. The molecule has 2 aliphatic rings. The van der Waals surface area contributed by atoms with E-state index in [0.29, 0.717) is 32.7 Å². The third kappa shape index (κ3) is 5.08. The van der Waals surface area contributed by atoms with E-state index in [1.807, 2.05) is 50.2 Å². The van der Waals surface area contributed by atoms with E-state index in [2.05, 4.69) is 10.6 Å². The fourth-order valence-corrected chi connectivity index (χ4v) is 4.75. The van der Waals surface area contributed by atoms with Crippen LogP contribution in [-0.4, -0.2) is 42.6 Å². The number of nitrogens with one attached hydrogen (secondary N) is 2. The largest absolute Gasteiger partial charge is 0.449 e. The van der Waals surface area contributed by atoms with E-state index in [1.54, 1.807) is 4.90 Å². The highest BCUT2D eigenvalue weighted by atomic mass is 35.5. The van der Waals surface area contributed by atoms with Gasteiger partial charge in [0.1, 0.15) is 0 Å². The van der Waals surface area contributed by atoms with Crippen LogP contribution in [0.2, 0.25) is 5.02 Å². The molecule has 2 heterocycles. The van der Waals surface area contributed by atoms with E-state index in [0.717, 1.165) is 45.8 Å². The monoisotopic (exact) mass is 455 g/mol. The number of ether oxygens (including phenoxy) is 1. The van der Waals surface area contributed by atoms with Gasteiger partial charge in [-0.3, -0.25) is 4.79 Å². The van der Waals surface area contributed by atoms with E-state index in [1.165, 1.54) is 0 Å². The zero-order valence-electron chi connectivity index (χ0n) is 18.6. The van der Waals surface area contributed by atoms with Crippen LogP contribution in [0.3, 0.4) is 0 Å². The summed E-state index contributed by atoms with van der Waals surface area (Å²) in [6.07, 6.45) is 1.92. The number of fused-ring (bicyclic) bond motifs is 1. The molecule has 0 saturated carbocycles. The lowest BCUT2D eigenvalue weighted by molar-refractivity contribution is -0.119. The van der Waals surface area contributed by atoms with Crippen molar-refractivity contribution in [1.82, 2.24) is 10.2 Å². The molecule has 0 aromatic heterocycles. The predicted molar refractivity (Wildman–Crippen MR) is 126 cm³/mol. The molecule has 0 bridgehead atoms. The number of hydrogen-bond donors (Lipinski definition) is 2. The number of likely N-dealkylation sites (tertiary alicyclic amines) is 1. The molecule has 2 aromatic rings. The molecule has 6 nitrogen and oxygen atoms in total. The van der Waals surface area contributed by atoms with E-state index < -0.39 is 0 Å². The van der Waals surface area contributed by atoms with E-state index in [4.69, 9.17) is 16.3 Å². The summed E-state index contributed by atoms with van der Waals surface area (Å²) in [5.41, 5.74) is 5.15. The van der Waals surface area contributed by atoms with Crippen LogP contribution in [0.4, 0.5) is 10.5 Å². The Hall–Kier alpha value is -2.57. The molecule has 1 atom stereocenters. The number of carbonyl (C=O) groups is 2. The molecule has 2 aliphatic heterocycles. The second kappa shape index (κ2) is 9.92. The Morgan fingerprint density at radius 3 is 2.56 bits per heavy atom. The minimum absolute atomic E-state index is 0.00419. The number of amides is 2. The van der Waals surface area contributed by atoms with Gasteiger partial charge >= 0.3 is 6.09 Å². The first kappa shape index (κ1) is 22.6. The summed E-state index contributed by atoms with van der Waals surface area (Å²) in [6.45, 7) is 6.16. The highest BCUT2D eigenvalue weighted by Crippen LogP contribution is 2.26. The number of nitrogens with zero attached hydrogens (tertiary/aromatic N) is 1. The maximum Gasteiger partial charge on any atom is 0.409 e. The van der Waals surface area contributed by atoms with Gasteiger partial charge in [0.05, 0.1) is 12.6 Å². The Morgan fingerprint density at radius 1 is 1.16 bits per heavy atom. The number of piperidine rings is 1. The molecular formula is C25H30ClN3O3. The topological polar surface area (TPSA) is 70.7 Å². The van der Waals surface area contributed by atoms with Gasteiger partial charge in [-0.15, -0.1) is 0 Å². The molecule has 4 rings (SSSR count). The van der Waals surface area contributed by atoms with Crippen LogP contribution in [0.1, 0.15) is 35.1 Å². The van der Waals surface area contributed by atoms with Gasteiger partial charge < -0.3 is 20.3 Å². The second-order valence-electron chi connectivity index (χ2n) is 8.74. The van der Waals surface area contributed by atoms with Gasteiger partial charge in [-0.25, -0.2) is 4.79 Å². The van der Waals surface area contributed by atoms with Crippen molar-refractivity contribution in [2.24, 2.45) is 5.92 Å². The summed E-state index contributed by atoms with van der Waals surface area (Å²) in [6, 6.07) is 11.7. The van der Waals surface area contributed by atoms with Gasteiger partial charge in [0.2, 0.25) is 5.91 Å². The Labute approximate surface area is 194 Å². The first-order chi connectivity index (χ1) is 15.4. The number of rotatable bonds is 4. The fourth-order valence-electron chi connectivity index (χ4n) is 4.64. The lowest BCUT2D eigenvalue weighted by Crippen LogP contribution is -2.49. The lowest BCUT2D eigenvalue weighted by Gasteiger charge is -2.34. The molecule has 0 radical (unpaired) electrons. The second-order valence-corrected chi connectivity index (χ2v) is 9.12. The highest BCUT2D eigenvalue weighted by Gasteiger charge is 2.34. The molecule has 1 saturated heterocycles. The zero-order chi connectivity index (χ0) is 22.7. The Bertz CT molecular complexity index is 979. The van der Waals surface area contributed by atoms with Gasteiger partial charge in [0.25, 0.3) is 0 Å².